The minimum Gasteiger partial charge on any atom is -0.493 e. The van der Waals surface area contributed by atoms with E-state index >= 15 is 0 Å². The summed E-state index contributed by atoms with van der Waals surface area (Å²) in [5, 5.41) is 19.0. The van der Waals surface area contributed by atoms with Crippen molar-refractivity contribution in [2.45, 2.75) is 24.6 Å². The Labute approximate surface area is 219 Å². The molecular weight excluding hydrogens is 516 g/mol. The van der Waals surface area contributed by atoms with Gasteiger partial charge in [0.15, 0.2) is 11.5 Å². The van der Waals surface area contributed by atoms with Crippen LogP contribution in [0.25, 0.3) is 6.08 Å². The zero-order valence-corrected chi connectivity index (χ0v) is 22.2. The number of sulfone groups is 1. The molecule has 1 amide bonds. The number of nitriles is 1. The molecule has 0 bridgehead atoms. The number of carbonyl (C=O) groups is 1. The second-order valence-electron chi connectivity index (χ2n) is 7.78. The molecule has 0 aliphatic rings. The number of anilines is 1. The van der Waals surface area contributed by atoms with Crippen molar-refractivity contribution in [1.82, 2.24) is 10.2 Å². The Kier molecular flexibility index (Phi) is 9.59. The molecule has 0 aliphatic heterocycles. The van der Waals surface area contributed by atoms with Crippen molar-refractivity contribution in [3.8, 4) is 23.3 Å². The van der Waals surface area contributed by atoms with Crippen LogP contribution in [-0.2, 0) is 14.6 Å². The van der Waals surface area contributed by atoms with E-state index in [9.17, 15) is 18.5 Å². The van der Waals surface area contributed by atoms with Gasteiger partial charge >= 0.3 is 0 Å². The number of carbonyl (C=O) groups excluding carboxylic acids is 1. The monoisotopic (exact) mass is 542 g/mol. The van der Waals surface area contributed by atoms with Gasteiger partial charge < -0.3 is 14.2 Å². The smallest absolute Gasteiger partial charge is 0.268 e. The van der Waals surface area contributed by atoms with Crippen molar-refractivity contribution >= 4 is 38.3 Å². The van der Waals surface area contributed by atoms with Gasteiger partial charge in [-0.2, -0.15) is 5.26 Å². The molecule has 1 aromatic heterocycles. The summed E-state index contributed by atoms with van der Waals surface area (Å²) >= 11 is 0.699. The highest BCUT2D eigenvalue weighted by atomic mass is 32.2. The van der Waals surface area contributed by atoms with Gasteiger partial charge in [-0.15, -0.1) is 10.2 Å². The second kappa shape index (κ2) is 12.8. The van der Waals surface area contributed by atoms with Crippen LogP contribution in [0.3, 0.4) is 0 Å². The molecule has 0 saturated carbocycles. The fraction of sp³-hybridized carbons (Fsp3) is 0.280. The number of nitrogens with one attached hydrogen (secondary N) is 1. The predicted molar refractivity (Wildman–Crippen MR) is 140 cm³/mol. The van der Waals surface area contributed by atoms with E-state index < -0.39 is 15.7 Å². The van der Waals surface area contributed by atoms with Gasteiger partial charge in [0.25, 0.3) is 5.91 Å². The van der Waals surface area contributed by atoms with Crippen molar-refractivity contribution in [3.63, 3.8) is 0 Å². The molecule has 0 unspecified atom stereocenters. The largest absolute Gasteiger partial charge is 0.493 e. The lowest BCUT2D eigenvalue weighted by molar-refractivity contribution is -0.112. The van der Waals surface area contributed by atoms with Crippen LogP contribution in [0.2, 0.25) is 0 Å². The minimum absolute atomic E-state index is 0.0308. The Morgan fingerprint density at radius 3 is 2.57 bits per heavy atom. The summed E-state index contributed by atoms with van der Waals surface area (Å²) in [6, 6.07) is 14.7. The van der Waals surface area contributed by atoms with Gasteiger partial charge in [-0.1, -0.05) is 29.5 Å². The van der Waals surface area contributed by atoms with Crippen LogP contribution in [0.5, 0.6) is 17.2 Å². The highest BCUT2D eigenvalue weighted by molar-refractivity contribution is 7.92. The summed E-state index contributed by atoms with van der Waals surface area (Å²) < 4.78 is 40.1. The molecule has 0 saturated heterocycles. The predicted octanol–water partition coefficient (Wildman–Crippen LogP) is 4.04. The average molecular weight is 543 g/mol. The third-order valence-corrected chi connectivity index (χ3v) is 7.20. The van der Waals surface area contributed by atoms with Crippen molar-refractivity contribution < 1.29 is 27.4 Å². The maximum absolute atomic E-state index is 12.5. The van der Waals surface area contributed by atoms with Crippen molar-refractivity contribution in [2.24, 2.45) is 0 Å². The molecule has 0 spiro atoms. The molecule has 0 atom stereocenters. The number of ether oxygens (including phenoxy) is 3. The van der Waals surface area contributed by atoms with E-state index in [0.29, 0.717) is 54.6 Å². The zero-order valence-electron chi connectivity index (χ0n) is 20.6. The molecule has 0 aliphatic carbocycles. The van der Waals surface area contributed by atoms with Crippen molar-refractivity contribution in [1.29, 1.82) is 5.26 Å². The van der Waals surface area contributed by atoms with Gasteiger partial charge in [-0.05, 0) is 55.3 Å². The van der Waals surface area contributed by atoms with E-state index in [0.717, 1.165) is 17.6 Å². The van der Waals surface area contributed by atoms with Gasteiger partial charge in [0.05, 0.1) is 19.8 Å². The summed E-state index contributed by atoms with van der Waals surface area (Å²) in [5.41, 5.74) is 1.46. The maximum atomic E-state index is 12.5. The number of rotatable bonds is 12. The summed E-state index contributed by atoms with van der Waals surface area (Å²) in [4.78, 5) is 12.5. The Balaban J connectivity index is 1.63. The lowest BCUT2D eigenvalue weighted by Crippen LogP contribution is -2.13. The fourth-order valence-corrected chi connectivity index (χ4v) is 4.53. The number of benzene rings is 2. The van der Waals surface area contributed by atoms with E-state index in [4.69, 9.17) is 14.2 Å². The first-order valence-corrected chi connectivity index (χ1v) is 14.0. The quantitative estimate of drug-likeness (QED) is 0.155. The van der Waals surface area contributed by atoms with Gasteiger partial charge in [0.1, 0.15) is 17.4 Å². The van der Waals surface area contributed by atoms with Crippen LogP contribution >= 0.6 is 11.3 Å². The number of hydrogen-bond acceptors (Lipinski definition) is 10. The molecule has 0 fully saturated rings. The Morgan fingerprint density at radius 1 is 1.11 bits per heavy atom. The van der Waals surface area contributed by atoms with E-state index in [1.807, 2.05) is 44.2 Å². The van der Waals surface area contributed by atoms with Crippen LogP contribution in [0.4, 0.5) is 5.13 Å². The lowest BCUT2D eigenvalue weighted by Gasteiger charge is -2.13. The topological polar surface area (TPSA) is 140 Å². The van der Waals surface area contributed by atoms with Gasteiger partial charge in [-0.25, -0.2) is 8.42 Å². The van der Waals surface area contributed by atoms with Crippen LogP contribution in [0, 0.1) is 18.3 Å². The average Bonchev–Trinajstić information content (AvgIpc) is 3.33. The van der Waals surface area contributed by atoms with E-state index in [1.54, 1.807) is 18.2 Å². The van der Waals surface area contributed by atoms with Crippen LogP contribution < -0.4 is 19.5 Å². The highest BCUT2D eigenvalue weighted by Crippen LogP contribution is 2.30. The minimum atomic E-state index is -3.55. The molecule has 0 radical (unpaired) electrons. The SMILES string of the molecule is CCOc1cc(C=C(C#N)C(=O)Nc2nnc(S(C)(=O)=O)s2)ccc1OCCCOc1cccc(C)c1. The molecule has 12 heteroatoms. The molecule has 3 rings (SSSR count). The number of hydrogen-bond donors (Lipinski definition) is 1. The molecule has 194 valence electrons. The van der Waals surface area contributed by atoms with Crippen LogP contribution in [0.1, 0.15) is 24.5 Å². The number of nitrogens with zero attached hydrogens (tertiary/aromatic N) is 3. The Hall–Kier alpha value is -3.95. The standard InChI is InChI=1S/C25H26N4O6S2/c1-4-33-22-15-18(9-10-21(22)35-12-6-11-34-20-8-5-7-17(2)13-20)14-19(16-26)23(30)27-24-28-29-25(36-24)37(3,31)32/h5,7-10,13-15H,4,6,11-12H2,1-3H3,(H,27,28,30). The third kappa shape index (κ3) is 8.30. The van der Waals surface area contributed by atoms with Crippen molar-refractivity contribution in [3.05, 3.63) is 59.2 Å². The lowest BCUT2D eigenvalue weighted by atomic mass is 10.1. The summed E-state index contributed by atoms with van der Waals surface area (Å²) in [6.45, 7) is 5.14. The maximum Gasteiger partial charge on any atom is 0.268 e. The first-order chi connectivity index (χ1) is 17.7. The molecule has 1 heterocycles. The summed E-state index contributed by atoms with van der Waals surface area (Å²) in [5.74, 6) is 1.06. The Morgan fingerprint density at radius 2 is 1.89 bits per heavy atom. The zero-order chi connectivity index (χ0) is 26.8. The summed E-state index contributed by atoms with van der Waals surface area (Å²) in [7, 11) is -3.55. The third-order valence-electron chi connectivity index (χ3n) is 4.69. The molecule has 2 aromatic carbocycles. The molecule has 3 aromatic rings. The highest BCUT2D eigenvalue weighted by Gasteiger charge is 2.18. The summed E-state index contributed by atoms with van der Waals surface area (Å²) in [6.07, 6.45) is 3.03. The van der Waals surface area contributed by atoms with E-state index in [1.165, 1.54) is 6.08 Å². The molecule has 10 nitrogen and oxygen atoms in total. The van der Waals surface area contributed by atoms with Gasteiger partial charge in [0.2, 0.25) is 19.3 Å². The normalized spacial score (nSPS) is 11.5. The second-order valence-corrected chi connectivity index (χ2v) is 10.9. The number of aryl methyl sites for hydroxylation is 1. The first-order valence-electron chi connectivity index (χ1n) is 11.3. The molecular formula is C25H26N4O6S2. The number of aromatic nitrogens is 2. The number of amides is 1. The first kappa shape index (κ1) is 27.6. The van der Waals surface area contributed by atoms with Gasteiger partial charge in [-0.3, -0.25) is 10.1 Å². The molecule has 1 N–H and O–H groups in total. The van der Waals surface area contributed by atoms with Gasteiger partial charge in [0, 0.05) is 12.7 Å². The Bertz CT molecular complexity index is 1430. The van der Waals surface area contributed by atoms with Crippen LogP contribution in [-0.4, -0.2) is 50.6 Å². The molecule has 37 heavy (non-hydrogen) atoms. The van der Waals surface area contributed by atoms with Crippen molar-refractivity contribution in [2.75, 3.05) is 31.4 Å². The van der Waals surface area contributed by atoms with E-state index in [-0.39, 0.29) is 15.0 Å². The van der Waals surface area contributed by atoms with Crippen LogP contribution in [0.15, 0.2) is 52.4 Å². The fourth-order valence-electron chi connectivity index (χ4n) is 3.03. The van der Waals surface area contributed by atoms with E-state index in [2.05, 4.69) is 15.5 Å².